The molecule has 0 radical (unpaired) electrons. The highest BCUT2D eigenvalue weighted by atomic mass is 32.1. The number of phenols is 2. The van der Waals surface area contributed by atoms with E-state index in [-0.39, 0.29) is 11.5 Å². The molecule has 2 heterocycles. The molecule has 106 valence electrons. The van der Waals surface area contributed by atoms with Gasteiger partial charge >= 0.3 is 0 Å². The van der Waals surface area contributed by atoms with Crippen molar-refractivity contribution in [2.24, 2.45) is 5.10 Å². The molecule has 0 saturated heterocycles. The summed E-state index contributed by atoms with van der Waals surface area (Å²) in [5.74, 6) is 0.293. The molecule has 3 aromatic rings. The van der Waals surface area contributed by atoms with Gasteiger partial charge in [0, 0.05) is 0 Å². The Bertz CT molecular complexity index is 829. The first kappa shape index (κ1) is 13.3. The van der Waals surface area contributed by atoms with Crippen molar-refractivity contribution in [1.82, 2.24) is 9.97 Å². The molecule has 0 aliphatic heterocycles. The lowest BCUT2D eigenvalue weighted by Gasteiger charge is -2.01. The van der Waals surface area contributed by atoms with E-state index in [1.54, 1.807) is 17.4 Å². The van der Waals surface area contributed by atoms with Gasteiger partial charge in [-0.1, -0.05) is 0 Å². The highest BCUT2D eigenvalue weighted by molar-refractivity contribution is 7.18. The number of thiophene rings is 1. The molecule has 0 bridgehead atoms. The summed E-state index contributed by atoms with van der Waals surface area (Å²) in [5, 5.41) is 24.8. The van der Waals surface area contributed by atoms with Gasteiger partial charge in [0.1, 0.15) is 6.33 Å². The Hall–Kier alpha value is -2.67. The van der Waals surface area contributed by atoms with Crippen LogP contribution < -0.4 is 5.43 Å². The van der Waals surface area contributed by atoms with Crippen LogP contribution in [0.15, 0.2) is 35.0 Å². The van der Waals surface area contributed by atoms with E-state index in [1.165, 1.54) is 24.7 Å². The largest absolute Gasteiger partial charge is 0.504 e. The molecule has 0 amide bonds. The standard InChI is InChI=1S/C14H12N4O2S/c1-8-6-21-13-12(8)15-7-16-14(13)18-17-5-9-2-3-10(19)11(20)4-9/h2-7,19-20H,1H3,(H,15,16,18). The lowest BCUT2D eigenvalue weighted by Crippen LogP contribution is -1.94. The number of anilines is 1. The van der Waals surface area contributed by atoms with Crippen LogP contribution in [-0.2, 0) is 0 Å². The normalized spacial score (nSPS) is 11.3. The van der Waals surface area contributed by atoms with Gasteiger partial charge < -0.3 is 10.2 Å². The number of aryl methyl sites for hydroxylation is 1. The van der Waals surface area contributed by atoms with Crippen LogP contribution >= 0.6 is 11.3 Å². The molecule has 3 rings (SSSR count). The van der Waals surface area contributed by atoms with E-state index in [0.29, 0.717) is 11.4 Å². The molecule has 6 nitrogen and oxygen atoms in total. The molecule has 1 aromatic carbocycles. The van der Waals surface area contributed by atoms with E-state index in [2.05, 4.69) is 20.5 Å². The van der Waals surface area contributed by atoms with Gasteiger partial charge in [0.05, 0.1) is 16.4 Å². The lowest BCUT2D eigenvalue weighted by molar-refractivity contribution is 0.403. The maximum Gasteiger partial charge on any atom is 0.167 e. The van der Waals surface area contributed by atoms with Crippen LogP contribution in [0.25, 0.3) is 10.2 Å². The van der Waals surface area contributed by atoms with E-state index in [4.69, 9.17) is 0 Å². The molecule has 0 unspecified atom stereocenters. The summed E-state index contributed by atoms with van der Waals surface area (Å²) in [4.78, 5) is 8.40. The zero-order valence-electron chi connectivity index (χ0n) is 11.1. The van der Waals surface area contributed by atoms with Crippen molar-refractivity contribution < 1.29 is 10.2 Å². The average molecular weight is 300 g/mol. The van der Waals surface area contributed by atoms with Crippen molar-refractivity contribution in [3.63, 3.8) is 0 Å². The number of nitrogens with zero attached hydrogens (tertiary/aromatic N) is 3. The van der Waals surface area contributed by atoms with Crippen molar-refractivity contribution in [3.05, 3.63) is 41.0 Å². The van der Waals surface area contributed by atoms with Gasteiger partial charge in [-0.2, -0.15) is 5.10 Å². The molecule has 0 atom stereocenters. The maximum absolute atomic E-state index is 9.41. The molecular formula is C14H12N4O2S. The third-order valence-electron chi connectivity index (χ3n) is 2.91. The Morgan fingerprint density at radius 3 is 2.90 bits per heavy atom. The monoisotopic (exact) mass is 300 g/mol. The van der Waals surface area contributed by atoms with Crippen molar-refractivity contribution in [2.45, 2.75) is 6.92 Å². The molecule has 7 heteroatoms. The Balaban J connectivity index is 1.82. The molecular weight excluding hydrogens is 288 g/mol. The first-order chi connectivity index (χ1) is 10.1. The molecule has 2 aromatic heterocycles. The predicted molar refractivity (Wildman–Crippen MR) is 83.1 cm³/mol. The molecule has 0 aliphatic carbocycles. The van der Waals surface area contributed by atoms with Crippen molar-refractivity contribution in [1.29, 1.82) is 0 Å². The van der Waals surface area contributed by atoms with Crippen molar-refractivity contribution in [3.8, 4) is 11.5 Å². The fraction of sp³-hybridized carbons (Fsp3) is 0.0714. The Morgan fingerprint density at radius 1 is 1.24 bits per heavy atom. The van der Waals surface area contributed by atoms with Gasteiger partial charge in [-0.25, -0.2) is 9.97 Å². The van der Waals surface area contributed by atoms with E-state index in [9.17, 15) is 10.2 Å². The van der Waals surface area contributed by atoms with Crippen LogP contribution in [0.2, 0.25) is 0 Å². The Kier molecular flexibility index (Phi) is 3.41. The minimum atomic E-state index is -0.183. The summed E-state index contributed by atoms with van der Waals surface area (Å²) >= 11 is 1.56. The van der Waals surface area contributed by atoms with Crippen molar-refractivity contribution >= 4 is 33.6 Å². The maximum atomic E-state index is 9.41. The van der Waals surface area contributed by atoms with E-state index >= 15 is 0 Å². The summed E-state index contributed by atoms with van der Waals surface area (Å²) in [7, 11) is 0. The van der Waals surface area contributed by atoms with Gasteiger partial charge in [-0.3, -0.25) is 5.43 Å². The van der Waals surface area contributed by atoms with E-state index < -0.39 is 0 Å². The summed E-state index contributed by atoms with van der Waals surface area (Å²) < 4.78 is 0.945. The van der Waals surface area contributed by atoms with Crippen LogP contribution in [0, 0.1) is 6.92 Å². The highest BCUT2D eigenvalue weighted by Crippen LogP contribution is 2.28. The van der Waals surface area contributed by atoms with Crippen LogP contribution in [0.4, 0.5) is 5.82 Å². The fourth-order valence-electron chi connectivity index (χ4n) is 1.84. The number of hydrogen-bond donors (Lipinski definition) is 3. The first-order valence-electron chi connectivity index (χ1n) is 6.15. The number of aromatic hydroxyl groups is 2. The third-order valence-corrected chi connectivity index (χ3v) is 4.01. The predicted octanol–water partition coefficient (Wildman–Crippen LogP) is 2.86. The SMILES string of the molecule is Cc1csc2c(NN=Cc3ccc(O)c(O)c3)ncnc12. The summed E-state index contributed by atoms with van der Waals surface area (Å²) in [6, 6.07) is 4.47. The summed E-state index contributed by atoms with van der Waals surface area (Å²) in [5.41, 5.74) is 5.54. The Morgan fingerprint density at radius 2 is 2.10 bits per heavy atom. The van der Waals surface area contributed by atoms with Crippen LogP contribution in [-0.4, -0.2) is 26.4 Å². The number of benzene rings is 1. The van der Waals surface area contributed by atoms with Gasteiger partial charge in [-0.05, 0) is 41.6 Å². The number of hydrazone groups is 1. The second kappa shape index (κ2) is 5.37. The average Bonchev–Trinajstić information content (AvgIpc) is 2.86. The quantitative estimate of drug-likeness (QED) is 0.393. The minimum absolute atomic E-state index is 0.160. The molecule has 0 fully saturated rings. The molecule has 21 heavy (non-hydrogen) atoms. The first-order valence-corrected chi connectivity index (χ1v) is 7.03. The van der Waals surface area contributed by atoms with Crippen LogP contribution in [0.3, 0.4) is 0 Å². The summed E-state index contributed by atoms with van der Waals surface area (Å²) in [6.45, 7) is 2.00. The lowest BCUT2D eigenvalue weighted by atomic mass is 10.2. The zero-order valence-corrected chi connectivity index (χ0v) is 11.9. The zero-order chi connectivity index (χ0) is 14.8. The molecule has 0 spiro atoms. The molecule has 0 aliphatic rings. The second-order valence-corrected chi connectivity index (χ2v) is 5.32. The van der Waals surface area contributed by atoms with E-state index in [1.807, 2.05) is 12.3 Å². The fourth-order valence-corrected chi connectivity index (χ4v) is 2.78. The number of nitrogens with one attached hydrogen (secondary N) is 1. The van der Waals surface area contributed by atoms with Gasteiger partial charge in [0.2, 0.25) is 0 Å². The number of fused-ring (bicyclic) bond motifs is 1. The smallest absolute Gasteiger partial charge is 0.167 e. The molecule has 0 saturated carbocycles. The minimum Gasteiger partial charge on any atom is -0.504 e. The van der Waals surface area contributed by atoms with E-state index in [0.717, 1.165) is 15.8 Å². The Labute approximate surface area is 124 Å². The van der Waals surface area contributed by atoms with Gasteiger partial charge in [-0.15, -0.1) is 11.3 Å². The summed E-state index contributed by atoms with van der Waals surface area (Å²) in [6.07, 6.45) is 3.03. The number of phenolic OH excluding ortho intramolecular Hbond substituents is 2. The topological polar surface area (TPSA) is 90.6 Å². The highest BCUT2D eigenvalue weighted by Gasteiger charge is 2.06. The second-order valence-electron chi connectivity index (χ2n) is 4.44. The number of rotatable bonds is 3. The molecule has 3 N–H and O–H groups in total. The van der Waals surface area contributed by atoms with Crippen LogP contribution in [0.1, 0.15) is 11.1 Å². The number of hydrogen-bond acceptors (Lipinski definition) is 7. The van der Waals surface area contributed by atoms with Crippen molar-refractivity contribution in [2.75, 3.05) is 5.43 Å². The van der Waals surface area contributed by atoms with Crippen LogP contribution in [0.5, 0.6) is 11.5 Å². The third kappa shape index (κ3) is 2.63. The van der Waals surface area contributed by atoms with Gasteiger partial charge in [0.15, 0.2) is 17.3 Å². The van der Waals surface area contributed by atoms with Gasteiger partial charge in [0.25, 0.3) is 0 Å². The number of aromatic nitrogens is 2.